The first-order chi connectivity index (χ1) is 12.2. The first-order valence-corrected chi connectivity index (χ1v) is 9.17. The van der Waals surface area contributed by atoms with Gasteiger partial charge in [-0.1, -0.05) is 25.0 Å². The number of carbonyl (C=O) groups is 1. The predicted molar refractivity (Wildman–Crippen MR) is 95.6 cm³/mol. The number of nitrogens with one attached hydrogen (secondary N) is 1. The van der Waals surface area contributed by atoms with Crippen LogP contribution in [0.1, 0.15) is 43.5 Å². The number of hydrogen-bond donors (Lipinski definition) is 1. The average Bonchev–Trinajstić information content (AvgIpc) is 3.31. The molecule has 2 aromatic rings. The van der Waals surface area contributed by atoms with E-state index in [9.17, 15) is 4.79 Å². The number of benzene rings is 1. The highest BCUT2D eigenvalue weighted by Gasteiger charge is 2.43. The molecule has 1 aromatic heterocycles. The van der Waals surface area contributed by atoms with Crippen molar-refractivity contribution in [2.45, 2.75) is 56.5 Å². The van der Waals surface area contributed by atoms with Gasteiger partial charge in [-0.15, -0.1) is 0 Å². The maximum atomic E-state index is 13.3. The molecule has 132 valence electrons. The molecule has 0 saturated heterocycles. The Balaban J connectivity index is 1.55. The van der Waals surface area contributed by atoms with Crippen molar-refractivity contribution in [1.82, 2.24) is 14.9 Å². The second kappa shape index (κ2) is 6.54. The summed E-state index contributed by atoms with van der Waals surface area (Å²) in [4.78, 5) is 17.7. The van der Waals surface area contributed by atoms with Crippen LogP contribution in [0.3, 0.4) is 0 Å². The van der Waals surface area contributed by atoms with E-state index in [0.29, 0.717) is 0 Å². The zero-order valence-corrected chi connectivity index (χ0v) is 14.7. The summed E-state index contributed by atoms with van der Waals surface area (Å²) in [5, 5.41) is 3.34. The molecule has 1 atom stereocenters. The Morgan fingerprint density at radius 2 is 2.20 bits per heavy atom. The van der Waals surface area contributed by atoms with E-state index in [1.807, 2.05) is 30.6 Å². The molecule has 1 aromatic carbocycles. The molecule has 1 amide bonds. The third-order valence-corrected chi connectivity index (χ3v) is 5.78. The van der Waals surface area contributed by atoms with Crippen molar-refractivity contribution >= 4 is 5.91 Å². The SMILES string of the molecule is COc1cccc(C2(C(=O)N[C@@H]3CCc4nccn4C3)CCCC2)c1. The molecule has 2 heterocycles. The summed E-state index contributed by atoms with van der Waals surface area (Å²) in [5.41, 5.74) is 0.671. The van der Waals surface area contributed by atoms with Crippen LogP contribution in [0.5, 0.6) is 5.75 Å². The minimum Gasteiger partial charge on any atom is -0.497 e. The van der Waals surface area contributed by atoms with Gasteiger partial charge in [-0.2, -0.15) is 0 Å². The number of amides is 1. The number of carbonyl (C=O) groups excluding carboxylic acids is 1. The molecule has 1 fully saturated rings. The number of fused-ring (bicyclic) bond motifs is 1. The molecule has 25 heavy (non-hydrogen) atoms. The van der Waals surface area contributed by atoms with Gasteiger partial charge < -0.3 is 14.6 Å². The van der Waals surface area contributed by atoms with Crippen LogP contribution in [0.2, 0.25) is 0 Å². The molecule has 0 radical (unpaired) electrons. The van der Waals surface area contributed by atoms with Gasteiger partial charge in [0.1, 0.15) is 11.6 Å². The van der Waals surface area contributed by atoms with Crippen molar-refractivity contribution in [3.63, 3.8) is 0 Å². The Hall–Kier alpha value is -2.30. The van der Waals surface area contributed by atoms with Gasteiger partial charge in [-0.3, -0.25) is 4.79 Å². The Morgan fingerprint density at radius 3 is 3.00 bits per heavy atom. The lowest BCUT2D eigenvalue weighted by Gasteiger charge is -2.32. The maximum Gasteiger partial charge on any atom is 0.230 e. The smallest absolute Gasteiger partial charge is 0.230 e. The van der Waals surface area contributed by atoms with Crippen molar-refractivity contribution in [2.75, 3.05) is 7.11 Å². The molecule has 1 N–H and O–H groups in total. The first-order valence-electron chi connectivity index (χ1n) is 9.17. The van der Waals surface area contributed by atoms with E-state index in [1.165, 1.54) is 0 Å². The van der Waals surface area contributed by atoms with Gasteiger partial charge in [-0.05, 0) is 37.0 Å². The Morgan fingerprint density at radius 1 is 1.36 bits per heavy atom. The summed E-state index contributed by atoms with van der Waals surface area (Å²) in [6.07, 6.45) is 9.74. The third-order valence-electron chi connectivity index (χ3n) is 5.78. The average molecular weight is 339 g/mol. The van der Waals surface area contributed by atoms with Gasteiger partial charge in [0.25, 0.3) is 0 Å². The van der Waals surface area contributed by atoms with Gasteiger partial charge in [-0.25, -0.2) is 4.98 Å². The summed E-state index contributed by atoms with van der Waals surface area (Å²) >= 11 is 0. The lowest BCUT2D eigenvalue weighted by molar-refractivity contribution is -0.127. The van der Waals surface area contributed by atoms with E-state index in [1.54, 1.807) is 7.11 Å². The number of aromatic nitrogens is 2. The molecule has 0 unspecified atom stereocenters. The fourth-order valence-electron chi connectivity index (χ4n) is 4.35. The van der Waals surface area contributed by atoms with E-state index < -0.39 is 5.41 Å². The normalized spacial score (nSPS) is 21.6. The summed E-state index contributed by atoms with van der Waals surface area (Å²) < 4.78 is 7.53. The van der Waals surface area contributed by atoms with E-state index in [0.717, 1.165) is 62.2 Å². The molecule has 5 heteroatoms. The van der Waals surface area contributed by atoms with Gasteiger partial charge in [0.05, 0.1) is 12.5 Å². The molecule has 0 bridgehead atoms. The fourth-order valence-corrected chi connectivity index (χ4v) is 4.35. The zero-order valence-electron chi connectivity index (χ0n) is 14.7. The second-order valence-electron chi connectivity index (χ2n) is 7.23. The lowest BCUT2D eigenvalue weighted by Crippen LogP contribution is -2.49. The van der Waals surface area contributed by atoms with Crippen LogP contribution in [-0.4, -0.2) is 28.6 Å². The third kappa shape index (κ3) is 2.92. The quantitative estimate of drug-likeness (QED) is 0.932. The molecular weight excluding hydrogens is 314 g/mol. The topological polar surface area (TPSA) is 56.1 Å². The van der Waals surface area contributed by atoms with Gasteiger partial charge >= 0.3 is 0 Å². The number of aryl methyl sites for hydroxylation is 1. The minimum atomic E-state index is -0.413. The minimum absolute atomic E-state index is 0.173. The monoisotopic (exact) mass is 339 g/mol. The molecule has 5 nitrogen and oxygen atoms in total. The van der Waals surface area contributed by atoms with Gasteiger partial charge in [0.15, 0.2) is 0 Å². The molecular formula is C20H25N3O2. The summed E-state index contributed by atoms with van der Waals surface area (Å²) in [7, 11) is 1.67. The lowest BCUT2D eigenvalue weighted by atomic mass is 9.77. The summed E-state index contributed by atoms with van der Waals surface area (Å²) in [5.74, 6) is 2.11. The number of hydrogen-bond acceptors (Lipinski definition) is 3. The standard InChI is InChI=1S/C20H25N3O2/c1-25-17-6-4-5-15(13-17)20(9-2-3-10-20)19(24)22-16-7-8-18-21-11-12-23(18)14-16/h4-6,11-13,16H,2-3,7-10,14H2,1H3,(H,22,24)/t16-/m1/s1. The van der Waals surface area contributed by atoms with Crippen LogP contribution < -0.4 is 10.1 Å². The first kappa shape index (κ1) is 16.2. The largest absolute Gasteiger partial charge is 0.497 e. The Labute approximate surface area is 148 Å². The van der Waals surface area contributed by atoms with E-state index >= 15 is 0 Å². The maximum absolute atomic E-state index is 13.3. The summed E-state index contributed by atoms with van der Waals surface area (Å²) in [6, 6.07) is 8.20. The van der Waals surface area contributed by atoms with E-state index in [2.05, 4.69) is 20.9 Å². The van der Waals surface area contributed by atoms with Crippen LogP contribution >= 0.6 is 0 Å². The molecule has 1 saturated carbocycles. The van der Waals surface area contributed by atoms with Crippen molar-refractivity contribution in [2.24, 2.45) is 0 Å². The summed E-state index contributed by atoms with van der Waals surface area (Å²) in [6.45, 7) is 0.815. The van der Waals surface area contributed by atoms with Crippen molar-refractivity contribution in [1.29, 1.82) is 0 Å². The van der Waals surface area contributed by atoms with E-state index in [-0.39, 0.29) is 11.9 Å². The Kier molecular flexibility index (Phi) is 4.24. The fraction of sp³-hybridized carbons (Fsp3) is 0.500. The highest BCUT2D eigenvalue weighted by molar-refractivity contribution is 5.89. The van der Waals surface area contributed by atoms with Crippen molar-refractivity contribution < 1.29 is 9.53 Å². The van der Waals surface area contributed by atoms with Crippen molar-refractivity contribution in [3.8, 4) is 5.75 Å². The van der Waals surface area contributed by atoms with Crippen LogP contribution in [0.15, 0.2) is 36.7 Å². The van der Waals surface area contributed by atoms with Crippen LogP contribution in [0, 0.1) is 0 Å². The van der Waals surface area contributed by atoms with Crippen molar-refractivity contribution in [3.05, 3.63) is 48.0 Å². The number of rotatable bonds is 4. The predicted octanol–water partition coefficient (Wildman–Crippen LogP) is 2.83. The molecule has 0 spiro atoms. The van der Waals surface area contributed by atoms with Crippen LogP contribution in [0.25, 0.3) is 0 Å². The molecule has 1 aliphatic heterocycles. The second-order valence-corrected chi connectivity index (χ2v) is 7.23. The van der Waals surface area contributed by atoms with Gasteiger partial charge in [0.2, 0.25) is 5.91 Å². The molecule has 4 rings (SSSR count). The molecule has 2 aliphatic rings. The van der Waals surface area contributed by atoms with Crippen LogP contribution in [0.4, 0.5) is 0 Å². The Bertz CT molecular complexity index is 762. The van der Waals surface area contributed by atoms with Crippen LogP contribution in [-0.2, 0) is 23.2 Å². The number of methoxy groups -OCH3 is 1. The number of ether oxygens (including phenoxy) is 1. The van der Waals surface area contributed by atoms with Gasteiger partial charge in [0, 0.05) is 31.4 Å². The zero-order chi connectivity index (χ0) is 17.3. The molecule has 1 aliphatic carbocycles. The highest BCUT2D eigenvalue weighted by atomic mass is 16.5. The highest BCUT2D eigenvalue weighted by Crippen LogP contribution is 2.42. The number of imidazole rings is 1. The van der Waals surface area contributed by atoms with E-state index in [4.69, 9.17) is 4.74 Å². The number of nitrogens with zero attached hydrogens (tertiary/aromatic N) is 2.